The third kappa shape index (κ3) is 2.71. The molecule has 0 fully saturated rings. The minimum absolute atomic E-state index is 0.176. The standard InChI is InChI=1S/C13H12AsP/c14-11-15(12-7-3-1-4-8-12)13-9-5-2-6-10-13/h1-10H,11H2. The van der Waals surface area contributed by atoms with Gasteiger partial charge in [-0.05, 0) is 0 Å². The second kappa shape index (κ2) is 5.50. The molecule has 15 heavy (non-hydrogen) atoms. The Morgan fingerprint density at radius 3 is 1.47 bits per heavy atom. The van der Waals surface area contributed by atoms with Crippen LogP contribution in [0.4, 0.5) is 0 Å². The summed E-state index contributed by atoms with van der Waals surface area (Å²) in [6.07, 6.45) is 0. The number of hydrogen-bond acceptors (Lipinski definition) is 0. The van der Waals surface area contributed by atoms with Crippen LogP contribution < -0.4 is 10.6 Å². The van der Waals surface area contributed by atoms with Gasteiger partial charge in [-0.25, -0.2) is 0 Å². The topological polar surface area (TPSA) is 0 Å². The van der Waals surface area contributed by atoms with Gasteiger partial charge in [-0.2, -0.15) is 0 Å². The molecule has 0 saturated heterocycles. The van der Waals surface area contributed by atoms with Gasteiger partial charge >= 0.3 is 101 Å². The first kappa shape index (κ1) is 10.9. The van der Waals surface area contributed by atoms with E-state index < -0.39 is 0 Å². The zero-order chi connectivity index (χ0) is 10.5. The quantitative estimate of drug-likeness (QED) is 0.595. The number of rotatable bonds is 3. The summed E-state index contributed by atoms with van der Waals surface area (Å²) in [4.78, 5) is 1.15. The van der Waals surface area contributed by atoms with Gasteiger partial charge in [0.1, 0.15) is 0 Å². The summed E-state index contributed by atoms with van der Waals surface area (Å²) >= 11 is 2.72. The molecule has 2 radical (unpaired) electrons. The van der Waals surface area contributed by atoms with Crippen molar-refractivity contribution < 1.29 is 0 Å². The molecule has 0 aliphatic heterocycles. The van der Waals surface area contributed by atoms with Crippen LogP contribution >= 0.6 is 7.92 Å². The molecule has 2 heteroatoms. The first-order chi connectivity index (χ1) is 7.42. The average molecular weight is 274 g/mol. The van der Waals surface area contributed by atoms with Crippen LogP contribution in [0.3, 0.4) is 0 Å². The summed E-state index contributed by atoms with van der Waals surface area (Å²) < 4.78 is 0. The van der Waals surface area contributed by atoms with Gasteiger partial charge < -0.3 is 0 Å². The zero-order valence-corrected chi connectivity index (χ0v) is 11.1. The van der Waals surface area contributed by atoms with E-state index in [-0.39, 0.29) is 7.92 Å². The molecule has 74 valence electrons. The van der Waals surface area contributed by atoms with Crippen LogP contribution in [-0.4, -0.2) is 21.8 Å². The van der Waals surface area contributed by atoms with Crippen LogP contribution in [0.25, 0.3) is 0 Å². The van der Waals surface area contributed by atoms with Crippen molar-refractivity contribution >= 4 is 35.4 Å². The van der Waals surface area contributed by atoms with Gasteiger partial charge in [0.2, 0.25) is 0 Å². The minimum atomic E-state index is -0.176. The third-order valence-electron chi connectivity index (χ3n) is 2.28. The Labute approximate surface area is 101 Å². The Balaban J connectivity index is 2.34. The van der Waals surface area contributed by atoms with E-state index in [0.29, 0.717) is 0 Å². The molecule has 0 bridgehead atoms. The van der Waals surface area contributed by atoms with E-state index in [4.69, 9.17) is 0 Å². The van der Waals surface area contributed by atoms with E-state index in [1.807, 2.05) is 0 Å². The summed E-state index contributed by atoms with van der Waals surface area (Å²) in [5.74, 6) is 0. The van der Waals surface area contributed by atoms with Crippen LogP contribution in [0.15, 0.2) is 60.7 Å². The SMILES string of the molecule is [As]CP(c1ccccc1)c1ccccc1. The van der Waals surface area contributed by atoms with Crippen molar-refractivity contribution in [3.8, 4) is 0 Å². The monoisotopic (exact) mass is 274 g/mol. The van der Waals surface area contributed by atoms with E-state index in [2.05, 4.69) is 77.5 Å². The molecule has 0 nitrogen and oxygen atoms in total. The first-order valence-corrected chi connectivity index (χ1v) is 7.75. The average Bonchev–Trinajstić information content (AvgIpc) is 2.33. The fourth-order valence-electron chi connectivity index (χ4n) is 1.53. The number of benzene rings is 2. The van der Waals surface area contributed by atoms with Crippen LogP contribution in [0.1, 0.15) is 0 Å². The predicted molar refractivity (Wildman–Crippen MR) is 69.7 cm³/mol. The van der Waals surface area contributed by atoms with Crippen LogP contribution in [0.5, 0.6) is 0 Å². The van der Waals surface area contributed by atoms with E-state index in [1.54, 1.807) is 0 Å². The van der Waals surface area contributed by atoms with Gasteiger partial charge in [0.25, 0.3) is 0 Å². The van der Waals surface area contributed by atoms with Gasteiger partial charge in [-0.1, -0.05) is 0 Å². The Morgan fingerprint density at radius 1 is 0.733 bits per heavy atom. The van der Waals surface area contributed by atoms with Crippen LogP contribution in [0.2, 0.25) is 0 Å². The molecular formula is C13H12AsP. The van der Waals surface area contributed by atoms with Gasteiger partial charge in [-0.3, -0.25) is 0 Å². The molecule has 2 aromatic rings. The second-order valence-corrected chi connectivity index (χ2v) is 7.19. The normalized spacial score (nSPS) is 10.5. The second-order valence-electron chi connectivity index (χ2n) is 3.24. The molecular weight excluding hydrogens is 262 g/mol. The van der Waals surface area contributed by atoms with Gasteiger partial charge in [0.15, 0.2) is 0 Å². The summed E-state index contributed by atoms with van der Waals surface area (Å²) in [5.41, 5.74) is 0. The van der Waals surface area contributed by atoms with Crippen molar-refractivity contribution in [3.63, 3.8) is 0 Å². The van der Waals surface area contributed by atoms with Gasteiger partial charge in [-0.15, -0.1) is 0 Å². The summed E-state index contributed by atoms with van der Waals surface area (Å²) in [6.45, 7) is 0. The maximum atomic E-state index is 2.72. The Kier molecular flexibility index (Phi) is 4.00. The van der Waals surface area contributed by atoms with E-state index in [0.717, 1.165) is 4.95 Å². The fraction of sp³-hybridized carbons (Fsp3) is 0.0769. The molecule has 0 aliphatic rings. The molecule has 0 unspecified atom stereocenters. The molecule has 0 amide bonds. The molecule has 2 aromatic carbocycles. The summed E-state index contributed by atoms with van der Waals surface area (Å²) in [7, 11) is -0.176. The zero-order valence-electron chi connectivity index (χ0n) is 8.38. The summed E-state index contributed by atoms with van der Waals surface area (Å²) in [6, 6.07) is 21.6. The van der Waals surface area contributed by atoms with Gasteiger partial charge in [0, 0.05) is 0 Å². The molecule has 0 spiro atoms. The third-order valence-corrected chi connectivity index (χ3v) is 6.18. The molecule has 0 saturated carbocycles. The maximum absolute atomic E-state index is 2.72. The molecule has 0 N–H and O–H groups in total. The summed E-state index contributed by atoms with van der Waals surface area (Å²) in [5, 5.41) is 2.92. The van der Waals surface area contributed by atoms with Crippen LogP contribution in [-0.2, 0) is 0 Å². The Bertz CT molecular complexity index is 360. The number of hydrogen-bond donors (Lipinski definition) is 0. The fourth-order valence-corrected chi connectivity index (χ4v) is 5.27. The molecule has 0 heterocycles. The van der Waals surface area contributed by atoms with Crippen molar-refractivity contribution in [1.82, 2.24) is 0 Å². The van der Waals surface area contributed by atoms with Crippen molar-refractivity contribution in [2.24, 2.45) is 0 Å². The van der Waals surface area contributed by atoms with Crippen molar-refractivity contribution in [2.45, 2.75) is 0 Å². The first-order valence-electron chi connectivity index (χ1n) is 4.90. The molecule has 2 rings (SSSR count). The van der Waals surface area contributed by atoms with E-state index >= 15 is 0 Å². The van der Waals surface area contributed by atoms with Crippen molar-refractivity contribution in [3.05, 3.63) is 60.7 Å². The van der Waals surface area contributed by atoms with E-state index in [1.165, 1.54) is 10.6 Å². The van der Waals surface area contributed by atoms with Crippen molar-refractivity contribution in [1.29, 1.82) is 0 Å². The molecule has 0 aromatic heterocycles. The molecule has 0 atom stereocenters. The van der Waals surface area contributed by atoms with Crippen LogP contribution in [0, 0.1) is 0 Å². The predicted octanol–water partition coefficient (Wildman–Crippen LogP) is 2.25. The van der Waals surface area contributed by atoms with Gasteiger partial charge in [0.05, 0.1) is 0 Å². The van der Waals surface area contributed by atoms with Crippen molar-refractivity contribution in [2.75, 3.05) is 4.95 Å². The Hall–Kier alpha value is -0.572. The van der Waals surface area contributed by atoms with E-state index in [9.17, 15) is 0 Å². The Morgan fingerprint density at radius 2 is 1.13 bits per heavy atom. The molecule has 0 aliphatic carbocycles.